The molecule has 19 heavy (non-hydrogen) atoms. The van der Waals surface area contributed by atoms with Gasteiger partial charge in [-0.2, -0.15) is 0 Å². The molecule has 1 amide bonds. The van der Waals surface area contributed by atoms with Crippen LogP contribution in [0.5, 0.6) is 0 Å². The fourth-order valence-corrected chi connectivity index (χ4v) is 3.58. The van der Waals surface area contributed by atoms with Crippen LogP contribution in [0.1, 0.15) is 28.9 Å². The van der Waals surface area contributed by atoms with Gasteiger partial charge in [0.25, 0.3) is 0 Å². The van der Waals surface area contributed by atoms with Gasteiger partial charge in [0, 0.05) is 25.6 Å². The number of piperidine rings is 2. The average Bonchev–Trinajstić information content (AvgIpc) is 2.88. The van der Waals surface area contributed by atoms with E-state index in [9.17, 15) is 9.59 Å². The van der Waals surface area contributed by atoms with Gasteiger partial charge in [0.05, 0.1) is 6.20 Å². The summed E-state index contributed by atoms with van der Waals surface area (Å²) >= 11 is 1.22. The second-order valence-electron chi connectivity index (χ2n) is 5.02. The van der Waals surface area contributed by atoms with E-state index >= 15 is 0 Å². The molecule has 2 aliphatic rings. The highest BCUT2D eigenvalue weighted by Gasteiger charge is 2.34. The van der Waals surface area contributed by atoms with Crippen LogP contribution in [0.3, 0.4) is 0 Å². The van der Waals surface area contributed by atoms with Gasteiger partial charge < -0.3 is 15.3 Å². The lowest BCUT2D eigenvalue weighted by Gasteiger charge is -2.41. The first kappa shape index (κ1) is 12.4. The predicted molar refractivity (Wildman–Crippen MR) is 70.6 cm³/mol. The molecular weight excluding hydrogens is 266 g/mol. The Morgan fingerprint density at radius 3 is 3.11 bits per heavy atom. The largest absolute Gasteiger partial charge is 0.477 e. The number of nitrogens with zero attached hydrogens (tertiary/aromatic N) is 2. The summed E-state index contributed by atoms with van der Waals surface area (Å²) < 4.78 is 0. The molecule has 0 aliphatic carbocycles. The third kappa shape index (κ3) is 2.42. The molecule has 0 bridgehead atoms. The number of amides is 1. The molecule has 1 aromatic rings. The van der Waals surface area contributed by atoms with Gasteiger partial charge in [-0.05, 0) is 18.8 Å². The van der Waals surface area contributed by atoms with Crippen molar-refractivity contribution in [1.82, 2.24) is 10.3 Å². The smallest absolute Gasteiger partial charge is 0.347 e. The summed E-state index contributed by atoms with van der Waals surface area (Å²) in [5.74, 6) is -0.329. The molecule has 2 aliphatic heterocycles. The third-order valence-electron chi connectivity index (χ3n) is 3.80. The molecule has 2 atom stereocenters. The first-order valence-corrected chi connectivity index (χ1v) is 7.18. The fourth-order valence-electron chi connectivity index (χ4n) is 2.79. The van der Waals surface area contributed by atoms with Gasteiger partial charge in [-0.3, -0.25) is 4.79 Å². The van der Waals surface area contributed by atoms with Gasteiger partial charge in [-0.25, -0.2) is 9.78 Å². The average molecular weight is 281 g/mol. The SMILES string of the molecule is O=C1CCC2CN(c3ncc(C(=O)O)s3)CCC2N1. The summed E-state index contributed by atoms with van der Waals surface area (Å²) in [6, 6.07) is 0.274. The topological polar surface area (TPSA) is 82.5 Å². The van der Waals surface area contributed by atoms with Gasteiger partial charge in [-0.1, -0.05) is 11.3 Å². The highest BCUT2D eigenvalue weighted by Crippen LogP contribution is 2.30. The molecular formula is C12H15N3O3S. The van der Waals surface area contributed by atoms with Crippen LogP contribution in [0.25, 0.3) is 0 Å². The van der Waals surface area contributed by atoms with E-state index in [0.29, 0.717) is 12.3 Å². The van der Waals surface area contributed by atoms with Crippen LogP contribution in [0.4, 0.5) is 5.13 Å². The van der Waals surface area contributed by atoms with E-state index in [4.69, 9.17) is 5.11 Å². The Balaban J connectivity index is 1.70. The second kappa shape index (κ2) is 4.80. The number of hydrogen-bond acceptors (Lipinski definition) is 5. The van der Waals surface area contributed by atoms with Gasteiger partial charge in [-0.15, -0.1) is 0 Å². The van der Waals surface area contributed by atoms with E-state index in [2.05, 4.69) is 15.2 Å². The number of carbonyl (C=O) groups excluding carboxylic acids is 1. The van der Waals surface area contributed by atoms with E-state index in [1.807, 2.05) is 0 Å². The Morgan fingerprint density at radius 1 is 1.53 bits per heavy atom. The minimum Gasteiger partial charge on any atom is -0.477 e. The standard InChI is InChI=1S/C12H15N3O3S/c16-10-2-1-7-6-15(4-3-8(7)14-10)12-13-5-9(19-12)11(17)18/h5,7-8H,1-4,6H2,(H,14,16)(H,17,18). The van der Waals surface area contributed by atoms with Gasteiger partial charge in [0.1, 0.15) is 4.88 Å². The molecule has 3 rings (SSSR count). The number of thiazole rings is 1. The number of rotatable bonds is 2. The lowest BCUT2D eigenvalue weighted by atomic mass is 9.85. The third-order valence-corrected chi connectivity index (χ3v) is 4.84. The van der Waals surface area contributed by atoms with Crippen molar-refractivity contribution in [3.63, 3.8) is 0 Å². The zero-order valence-corrected chi connectivity index (χ0v) is 11.2. The summed E-state index contributed by atoms with van der Waals surface area (Å²) in [7, 11) is 0. The van der Waals surface area contributed by atoms with Crippen molar-refractivity contribution in [2.45, 2.75) is 25.3 Å². The number of hydrogen-bond donors (Lipinski definition) is 2. The lowest BCUT2D eigenvalue weighted by Crippen LogP contribution is -2.54. The van der Waals surface area contributed by atoms with E-state index in [0.717, 1.165) is 31.1 Å². The maximum Gasteiger partial charge on any atom is 0.347 e. The fraction of sp³-hybridized carbons (Fsp3) is 0.583. The number of carboxylic acids is 1. The monoisotopic (exact) mass is 281 g/mol. The number of nitrogens with one attached hydrogen (secondary N) is 1. The number of aromatic carboxylic acids is 1. The Kier molecular flexibility index (Phi) is 3.14. The minimum absolute atomic E-state index is 0.150. The Bertz CT molecular complexity index is 516. The van der Waals surface area contributed by atoms with Gasteiger partial charge in [0.2, 0.25) is 5.91 Å². The number of carboxylic acid groups (broad SMARTS) is 1. The molecule has 3 heterocycles. The summed E-state index contributed by atoms with van der Waals surface area (Å²) in [6.45, 7) is 1.66. The molecule has 6 nitrogen and oxygen atoms in total. The molecule has 2 unspecified atom stereocenters. The predicted octanol–water partition coefficient (Wildman–Crippen LogP) is 0.946. The van der Waals surface area contributed by atoms with Crippen LogP contribution >= 0.6 is 11.3 Å². The van der Waals surface area contributed by atoms with Crippen molar-refractivity contribution < 1.29 is 14.7 Å². The Labute approximate surface area is 114 Å². The molecule has 7 heteroatoms. The van der Waals surface area contributed by atoms with Crippen molar-refractivity contribution in [1.29, 1.82) is 0 Å². The number of carbonyl (C=O) groups is 2. The normalized spacial score (nSPS) is 26.7. The molecule has 1 aromatic heterocycles. The highest BCUT2D eigenvalue weighted by atomic mass is 32.1. The number of fused-ring (bicyclic) bond motifs is 1. The zero-order valence-electron chi connectivity index (χ0n) is 10.3. The van der Waals surface area contributed by atoms with E-state index < -0.39 is 5.97 Å². The second-order valence-corrected chi connectivity index (χ2v) is 6.03. The highest BCUT2D eigenvalue weighted by molar-refractivity contribution is 7.17. The quantitative estimate of drug-likeness (QED) is 0.843. The molecule has 0 spiro atoms. The van der Waals surface area contributed by atoms with Crippen molar-refractivity contribution >= 4 is 28.3 Å². The number of anilines is 1. The molecule has 0 radical (unpaired) electrons. The van der Waals surface area contributed by atoms with Crippen molar-refractivity contribution in [3.05, 3.63) is 11.1 Å². The van der Waals surface area contributed by atoms with Gasteiger partial charge >= 0.3 is 5.97 Å². The Hall–Kier alpha value is -1.63. The van der Waals surface area contributed by atoms with Crippen molar-refractivity contribution in [3.8, 4) is 0 Å². The Morgan fingerprint density at radius 2 is 2.37 bits per heavy atom. The number of aromatic nitrogens is 1. The molecule has 0 saturated carbocycles. The van der Waals surface area contributed by atoms with E-state index in [1.54, 1.807) is 0 Å². The maximum atomic E-state index is 11.3. The summed E-state index contributed by atoms with van der Waals surface area (Å²) in [5, 5.41) is 12.7. The van der Waals surface area contributed by atoms with E-state index in [1.165, 1.54) is 17.5 Å². The molecule has 2 saturated heterocycles. The van der Waals surface area contributed by atoms with Gasteiger partial charge in [0.15, 0.2) is 5.13 Å². The van der Waals surface area contributed by atoms with Crippen LogP contribution in [-0.2, 0) is 4.79 Å². The van der Waals surface area contributed by atoms with Crippen LogP contribution in [0.2, 0.25) is 0 Å². The molecule has 102 valence electrons. The first-order valence-electron chi connectivity index (χ1n) is 6.37. The molecule has 2 N–H and O–H groups in total. The van der Waals surface area contributed by atoms with Crippen LogP contribution < -0.4 is 10.2 Å². The van der Waals surface area contributed by atoms with Crippen LogP contribution in [-0.4, -0.2) is 41.1 Å². The van der Waals surface area contributed by atoms with E-state index in [-0.39, 0.29) is 16.8 Å². The summed E-state index contributed by atoms with van der Waals surface area (Å²) in [5.41, 5.74) is 0. The van der Waals surface area contributed by atoms with Crippen molar-refractivity contribution in [2.75, 3.05) is 18.0 Å². The molecule has 0 aromatic carbocycles. The van der Waals surface area contributed by atoms with Crippen LogP contribution in [0, 0.1) is 5.92 Å². The maximum absolute atomic E-state index is 11.3. The van der Waals surface area contributed by atoms with Crippen molar-refractivity contribution in [2.24, 2.45) is 5.92 Å². The summed E-state index contributed by atoms with van der Waals surface area (Å²) in [6.07, 6.45) is 3.81. The molecule has 2 fully saturated rings. The summed E-state index contributed by atoms with van der Waals surface area (Å²) in [4.78, 5) is 28.8. The van der Waals surface area contributed by atoms with Crippen LogP contribution in [0.15, 0.2) is 6.20 Å². The minimum atomic E-state index is -0.927. The first-order chi connectivity index (χ1) is 9.13. The zero-order chi connectivity index (χ0) is 13.4. The lowest BCUT2D eigenvalue weighted by molar-refractivity contribution is -0.124.